The zero-order valence-corrected chi connectivity index (χ0v) is 15.7. The number of carbonyl (C=O) groups excluding carboxylic acids is 1. The molecule has 2 aromatic heterocycles. The minimum Gasteiger partial charge on any atom is -0.344 e. The predicted octanol–water partition coefficient (Wildman–Crippen LogP) is 2.88. The van der Waals surface area contributed by atoms with E-state index in [1.807, 2.05) is 35.9 Å². The van der Waals surface area contributed by atoms with E-state index >= 15 is 0 Å². The van der Waals surface area contributed by atoms with Crippen molar-refractivity contribution >= 4 is 11.9 Å². The number of anilines is 1. The van der Waals surface area contributed by atoms with E-state index < -0.39 is 0 Å². The lowest BCUT2D eigenvalue weighted by Crippen LogP contribution is -2.33. The Morgan fingerprint density at radius 2 is 1.81 bits per heavy atom. The fraction of sp³-hybridized carbons (Fsp3) is 0.500. The number of amides is 1. The number of aryl methyl sites for hydroxylation is 1. The van der Waals surface area contributed by atoms with Crippen LogP contribution < -0.4 is 4.90 Å². The number of likely N-dealkylation sites (N-methyl/N-ethyl adjacent to an activating group) is 1. The molecule has 0 unspecified atom stereocenters. The molecule has 0 atom stereocenters. The molecule has 0 saturated carbocycles. The molecule has 0 radical (unpaired) electrons. The van der Waals surface area contributed by atoms with Crippen molar-refractivity contribution in [2.24, 2.45) is 0 Å². The first-order valence-electron chi connectivity index (χ1n) is 9.38. The topological polar surface area (TPSA) is 62.2 Å². The summed E-state index contributed by atoms with van der Waals surface area (Å²) in [5.74, 6) is 0.637. The van der Waals surface area contributed by atoms with Gasteiger partial charge in [0.05, 0.1) is 0 Å². The molecule has 0 spiro atoms. The van der Waals surface area contributed by atoms with Crippen molar-refractivity contribution in [1.82, 2.24) is 19.9 Å². The summed E-state index contributed by atoms with van der Waals surface area (Å²) in [6.07, 6.45) is 9.05. The molecule has 3 rings (SSSR count). The summed E-state index contributed by atoms with van der Waals surface area (Å²) in [6, 6.07) is 5.83. The first kappa shape index (κ1) is 18.3. The Hall–Kier alpha value is -2.50. The van der Waals surface area contributed by atoms with Crippen molar-refractivity contribution in [2.45, 2.75) is 39.0 Å². The second kappa shape index (κ2) is 8.74. The highest BCUT2D eigenvalue weighted by molar-refractivity contribution is 5.92. The van der Waals surface area contributed by atoms with E-state index in [0.29, 0.717) is 11.6 Å². The van der Waals surface area contributed by atoms with E-state index in [-0.39, 0.29) is 5.91 Å². The molecule has 1 aliphatic heterocycles. The highest BCUT2D eigenvalue weighted by Crippen LogP contribution is 2.15. The van der Waals surface area contributed by atoms with Gasteiger partial charge >= 0.3 is 0 Å². The van der Waals surface area contributed by atoms with Gasteiger partial charge in [0.25, 0.3) is 5.91 Å². The number of likely N-dealkylation sites (tertiary alicyclic amines) is 1. The third-order valence-electron chi connectivity index (χ3n) is 4.78. The number of pyridine rings is 1. The van der Waals surface area contributed by atoms with Crippen molar-refractivity contribution in [2.75, 3.05) is 31.6 Å². The fourth-order valence-electron chi connectivity index (χ4n) is 3.22. The maximum Gasteiger partial charge on any atom is 0.272 e. The van der Waals surface area contributed by atoms with Crippen molar-refractivity contribution in [1.29, 1.82) is 0 Å². The summed E-state index contributed by atoms with van der Waals surface area (Å²) in [7, 11) is 1.97. The van der Waals surface area contributed by atoms with Crippen LogP contribution in [0, 0.1) is 6.92 Å². The Balaban J connectivity index is 1.70. The van der Waals surface area contributed by atoms with Gasteiger partial charge in [-0.25, -0.2) is 9.97 Å². The molecule has 0 aliphatic carbocycles. The molecule has 138 valence electrons. The molecule has 2 aromatic rings. The molecule has 1 aliphatic rings. The number of hydrogen-bond donors (Lipinski definition) is 0. The first-order valence-corrected chi connectivity index (χ1v) is 9.38. The molecular formula is C20H27N5O. The molecule has 1 fully saturated rings. The third-order valence-corrected chi connectivity index (χ3v) is 4.78. The van der Waals surface area contributed by atoms with Crippen molar-refractivity contribution < 1.29 is 4.79 Å². The van der Waals surface area contributed by atoms with E-state index in [4.69, 9.17) is 0 Å². The van der Waals surface area contributed by atoms with Crippen molar-refractivity contribution in [3.8, 4) is 0 Å². The summed E-state index contributed by atoms with van der Waals surface area (Å²) >= 11 is 0. The van der Waals surface area contributed by atoms with Crippen LogP contribution in [0.25, 0.3) is 0 Å². The molecular weight excluding hydrogens is 326 g/mol. The quantitative estimate of drug-likeness (QED) is 0.827. The maximum atomic E-state index is 12.9. The Kier molecular flexibility index (Phi) is 6.15. The average Bonchev–Trinajstić information content (AvgIpc) is 2.95. The lowest BCUT2D eigenvalue weighted by molar-refractivity contribution is 0.0755. The summed E-state index contributed by atoms with van der Waals surface area (Å²) in [6.45, 7) is 4.36. The van der Waals surface area contributed by atoms with Gasteiger partial charge in [0.1, 0.15) is 5.69 Å². The number of nitrogens with zero attached hydrogens (tertiary/aromatic N) is 5. The SMILES string of the molecule is Cc1cc(C(=O)N2CCCCCC2)nc(N(C)CCc2ccncc2)n1. The fourth-order valence-corrected chi connectivity index (χ4v) is 3.22. The highest BCUT2D eigenvalue weighted by atomic mass is 16.2. The standard InChI is InChI=1S/C20H27N5O/c1-16-15-18(19(26)25-12-5-3-4-6-13-25)23-20(22-16)24(2)14-9-17-7-10-21-11-8-17/h7-8,10-11,15H,3-6,9,12-14H2,1-2H3. The van der Waals surface area contributed by atoms with Crippen LogP contribution in [0.15, 0.2) is 30.6 Å². The van der Waals surface area contributed by atoms with Gasteiger partial charge in [-0.05, 0) is 49.9 Å². The molecule has 1 saturated heterocycles. The molecule has 26 heavy (non-hydrogen) atoms. The zero-order valence-electron chi connectivity index (χ0n) is 15.7. The van der Waals surface area contributed by atoms with Gasteiger partial charge in [-0.15, -0.1) is 0 Å². The number of rotatable bonds is 5. The number of aromatic nitrogens is 3. The van der Waals surface area contributed by atoms with Crippen LogP contribution in [-0.4, -0.2) is 52.4 Å². The summed E-state index contributed by atoms with van der Waals surface area (Å²) in [5.41, 5.74) is 2.55. The minimum atomic E-state index is 0.0289. The molecule has 0 bridgehead atoms. The molecule has 6 nitrogen and oxygen atoms in total. The van der Waals surface area contributed by atoms with Crippen LogP contribution in [0.3, 0.4) is 0 Å². The van der Waals surface area contributed by atoms with Gasteiger partial charge in [-0.3, -0.25) is 9.78 Å². The monoisotopic (exact) mass is 353 g/mol. The van der Waals surface area contributed by atoms with E-state index in [1.54, 1.807) is 18.5 Å². The van der Waals surface area contributed by atoms with Gasteiger partial charge < -0.3 is 9.80 Å². The van der Waals surface area contributed by atoms with Crippen LogP contribution in [0.4, 0.5) is 5.95 Å². The van der Waals surface area contributed by atoms with Crippen molar-refractivity contribution in [3.63, 3.8) is 0 Å². The van der Waals surface area contributed by atoms with Gasteiger partial charge in [-0.1, -0.05) is 12.8 Å². The third kappa shape index (κ3) is 4.77. The molecule has 6 heteroatoms. The smallest absolute Gasteiger partial charge is 0.272 e. The molecule has 3 heterocycles. The van der Waals surface area contributed by atoms with E-state index in [0.717, 1.165) is 44.6 Å². The summed E-state index contributed by atoms with van der Waals surface area (Å²) in [4.78, 5) is 29.9. The molecule has 1 amide bonds. The van der Waals surface area contributed by atoms with E-state index in [2.05, 4.69) is 15.0 Å². The minimum absolute atomic E-state index is 0.0289. The molecule has 0 aromatic carbocycles. The lowest BCUT2D eigenvalue weighted by Gasteiger charge is -2.22. The number of hydrogen-bond acceptors (Lipinski definition) is 5. The van der Waals surface area contributed by atoms with Gasteiger partial charge in [0.15, 0.2) is 0 Å². The van der Waals surface area contributed by atoms with Gasteiger partial charge in [-0.2, -0.15) is 0 Å². The Labute approximate surface area is 155 Å². The van der Waals surface area contributed by atoms with Gasteiger partial charge in [0, 0.05) is 44.8 Å². The lowest BCUT2D eigenvalue weighted by atomic mass is 10.2. The van der Waals surface area contributed by atoms with Crippen LogP contribution in [-0.2, 0) is 6.42 Å². The highest BCUT2D eigenvalue weighted by Gasteiger charge is 2.20. The Morgan fingerprint density at radius 3 is 2.50 bits per heavy atom. The van der Waals surface area contributed by atoms with Gasteiger partial charge in [0.2, 0.25) is 5.95 Å². The largest absolute Gasteiger partial charge is 0.344 e. The van der Waals surface area contributed by atoms with E-state index in [1.165, 1.54) is 18.4 Å². The Bertz CT molecular complexity index is 726. The maximum absolute atomic E-state index is 12.9. The first-order chi connectivity index (χ1) is 12.6. The zero-order chi connectivity index (χ0) is 18.4. The number of carbonyl (C=O) groups is 1. The average molecular weight is 353 g/mol. The normalized spacial score (nSPS) is 14.8. The van der Waals surface area contributed by atoms with Crippen LogP contribution >= 0.6 is 0 Å². The second-order valence-corrected chi connectivity index (χ2v) is 6.93. The van der Waals surface area contributed by atoms with Crippen LogP contribution in [0.5, 0.6) is 0 Å². The molecule has 0 N–H and O–H groups in total. The van der Waals surface area contributed by atoms with Crippen LogP contribution in [0.1, 0.15) is 47.4 Å². The van der Waals surface area contributed by atoms with E-state index in [9.17, 15) is 4.79 Å². The van der Waals surface area contributed by atoms with Crippen LogP contribution in [0.2, 0.25) is 0 Å². The summed E-state index contributed by atoms with van der Waals surface area (Å²) < 4.78 is 0. The summed E-state index contributed by atoms with van der Waals surface area (Å²) in [5, 5.41) is 0. The predicted molar refractivity (Wildman–Crippen MR) is 102 cm³/mol. The van der Waals surface area contributed by atoms with Crippen molar-refractivity contribution in [3.05, 3.63) is 47.5 Å². The Morgan fingerprint density at radius 1 is 1.12 bits per heavy atom. The second-order valence-electron chi connectivity index (χ2n) is 6.93.